The van der Waals surface area contributed by atoms with Crippen LogP contribution in [0, 0.1) is 6.92 Å². The van der Waals surface area contributed by atoms with E-state index in [0.29, 0.717) is 18.2 Å². The summed E-state index contributed by atoms with van der Waals surface area (Å²) in [5.74, 6) is 1.73. The first-order valence-corrected chi connectivity index (χ1v) is 15.5. The van der Waals surface area contributed by atoms with Crippen LogP contribution >= 0.6 is 22.9 Å². The van der Waals surface area contributed by atoms with Gasteiger partial charge in [-0.2, -0.15) is 8.42 Å². The molecule has 0 bridgehead atoms. The molecule has 0 amide bonds. The second-order valence-corrected chi connectivity index (χ2v) is 12.3. The molecule has 3 heterocycles. The van der Waals surface area contributed by atoms with Gasteiger partial charge in [0.2, 0.25) is 0 Å². The maximum Gasteiger partial charge on any atom is 0.264 e. The quantitative estimate of drug-likeness (QED) is 0.185. The zero-order valence-electron chi connectivity index (χ0n) is 20.9. The highest BCUT2D eigenvalue weighted by atomic mass is 35.5. The summed E-state index contributed by atoms with van der Waals surface area (Å²) in [6.45, 7) is 2.75. The van der Waals surface area contributed by atoms with Crippen molar-refractivity contribution < 1.29 is 12.6 Å². The molecule has 1 aliphatic rings. The van der Waals surface area contributed by atoms with Crippen LogP contribution in [0.15, 0.2) is 35.3 Å². The number of hydrogen-bond donors (Lipinski definition) is 0. The van der Waals surface area contributed by atoms with E-state index in [4.69, 9.17) is 20.8 Å². The van der Waals surface area contributed by atoms with Gasteiger partial charge in [-0.1, -0.05) is 68.3 Å². The second kappa shape index (κ2) is 12.4. The van der Waals surface area contributed by atoms with E-state index in [1.807, 2.05) is 31.2 Å². The first kappa shape index (κ1) is 27.0. The summed E-state index contributed by atoms with van der Waals surface area (Å²) < 4.78 is 28.8. The lowest BCUT2D eigenvalue weighted by molar-refractivity contribution is 0.309. The first-order valence-electron chi connectivity index (χ1n) is 12.5. The molecule has 0 aliphatic carbocycles. The van der Waals surface area contributed by atoms with E-state index in [-0.39, 0.29) is 0 Å². The summed E-state index contributed by atoms with van der Waals surface area (Å²) in [6, 6.07) is 10.1. The summed E-state index contributed by atoms with van der Waals surface area (Å²) in [4.78, 5) is 6.25. The number of fused-ring (bicyclic) bond motifs is 3. The number of hydrogen-bond acceptors (Lipinski definition) is 7. The fourth-order valence-electron chi connectivity index (χ4n) is 4.45. The maximum atomic E-state index is 11.0. The molecule has 1 aliphatic heterocycles. The van der Waals surface area contributed by atoms with E-state index in [1.165, 1.54) is 30.6 Å². The number of aryl methyl sites for hydroxylation is 2. The van der Waals surface area contributed by atoms with Gasteiger partial charge in [0.25, 0.3) is 10.1 Å². The molecule has 0 atom stereocenters. The smallest absolute Gasteiger partial charge is 0.264 e. The van der Waals surface area contributed by atoms with Gasteiger partial charge >= 0.3 is 0 Å². The van der Waals surface area contributed by atoms with Crippen molar-refractivity contribution in [3.63, 3.8) is 0 Å². The van der Waals surface area contributed by atoms with Crippen LogP contribution in [0.4, 0.5) is 0 Å². The summed E-state index contributed by atoms with van der Waals surface area (Å²) in [5.41, 5.74) is 2.97. The zero-order chi connectivity index (χ0) is 25.5. The third-order valence-corrected chi connectivity index (χ3v) is 8.34. The predicted octanol–water partition coefficient (Wildman–Crippen LogP) is 6.28. The Bertz CT molecular complexity index is 1310. The first-order chi connectivity index (χ1) is 17.3. The lowest BCUT2D eigenvalue weighted by Crippen LogP contribution is -2.05. The Morgan fingerprint density at radius 1 is 1.00 bits per heavy atom. The SMILES string of the molecule is Cc1nnc2n1-c1sc(CCCCCCCCCCOS(C)(=O)=O)cc1C(c1ccccc1Cl)=NC2. The maximum absolute atomic E-state index is 11.0. The molecule has 0 spiro atoms. The fraction of sp³-hybridized carbons (Fsp3) is 0.500. The van der Waals surface area contributed by atoms with Crippen molar-refractivity contribution >= 4 is 38.8 Å². The Labute approximate surface area is 222 Å². The molecule has 0 unspecified atom stereocenters. The lowest BCUT2D eigenvalue weighted by atomic mass is 10.0. The number of unbranched alkanes of at least 4 members (excludes halogenated alkanes) is 7. The van der Waals surface area contributed by atoms with Gasteiger partial charge in [0, 0.05) is 21.0 Å². The average molecular weight is 549 g/mol. The number of halogens is 1. The number of rotatable bonds is 13. The second-order valence-electron chi connectivity index (χ2n) is 9.18. The molecule has 4 rings (SSSR count). The van der Waals surface area contributed by atoms with Crippen molar-refractivity contribution in [3.05, 3.63) is 63.0 Å². The van der Waals surface area contributed by atoms with Gasteiger partial charge in [0.15, 0.2) is 5.82 Å². The molecule has 0 N–H and O–H groups in total. The minimum Gasteiger partial charge on any atom is -0.276 e. The molecular formula is C26H33ClN4O3S2. The molecule has 10 heteroatoms. The van der Waals surface area contributed by atoms with E-state index in [1.54, 1.807) is 11.3 Å². The average Bonchev–Trinajstić information content (AvgIpc) is 3.37. The van der Waals surface area contributed by atoms with E-state index in [2.05, 4.69) is 20.8 Å². The van der Waals surface area contributed by atoms with Crippen molar-refractivity contribution in [2.75, 3.05) is 12.9 Å². The molecular weight excluding hydrogens is 516 g/mol. The van der Waals surface area contributed by atoms with Crippen LogP contribution in [0.3, 0.4) is 0 Å². The minimum absolute atomic E-state index is 0.294. The predicted molar refractivity (Wildman–Crippen MR) is 146 cm³/mol. The largest absolute Gasteiger partial charge is 0.276 e. The van der Waals surface area contributed by atoms with Crippen molar-refractivity contribution in [1.82, 2.24) is 14.8 Å². The van der Waals surface area contributed by atoms with Crippen molar-refractivity contribution in [3.8, 4) is 5.00 Å². The number of benzene rings is 1. The molecule has 0 saturated heterocycles. The van der Waals surface area contributed by atoms with E-state index < -0.39 is 10.1 Å². The van der Waals surface area contributed by atoms with Crippen LogP contribution < -0.4 is 0 Å². The monoisotopic (exact) mass is 548 g/mol. The van der Waals surface area contributed by atoms with Gasteiger partial charge in [0.1, 0.15) is 17.4 Å². The molecule has 194 valence electrons. The van der Waals surface area contributed by atoms with Gasteiger partial charge in [-0.05, 0) is 38.3 Å². The third kappa shape index (κ3) is 7.03. The number of aliphatic imine (C=N–C) groups is 1. The Morgan fingerprint density at radius 3 is 2.42 bits per heavy atom. The minimum atomic E-state index is -3.31. The van der Waals surface area contributed by atoms with E-state index >= 15 is 0 Å². The highest BCUT2D eigenvalue weighted by Crippen LogP contribution is 2.35. The molecule has 2 aromatic heterocycles. The van der Waals surface area contributed by atoms with Crippen LogP contribution in [0.5, 0.6) is 0 Å². The van der Waals surface area contributed by atoms with Crippen molar-refractivity contribution in [2.45, 2.75) is 71.3 Å². The van der Waals surface area contributed by atoms with Gasteiger partial charge < -0.3 is 0 Å². The standard InChI is InChI=1S/C26H33ClN4O3S2/c1-19-29-30-24-18-28-25(21-14-10-11-15-23(21)27)22-17-20(35-26(22)31(19)24)13-9-7-5-3-4-6-8-12-16-34-36(2,32)33/h10-11,14-15,17H,3-9,12-13,16,18H2,1-2H3. The molecule has 1 aromatic carbocycles. The molecule has 0 fully saturated rings. The third-order valence-electron chi connectivity index (χ3n) is 6.24. The van der Waals surface area contributed by atoms with Crippen LogP contribution in [-0.2, 0) is 27.3 Å². The number of nitrogens with zero attached hydrogens (tertiary/aromatic N) is 4. The van der Waals surface area contributed by atoms with Gasteiger partial charge in [-0.3, -0.25) is 13.7 Å². The van der Waals surface area contributed by atoms with Crippen LogP contribution in [0.25, 0.3) is 5.00 Å². The highest BCUT2D eigenvalue weighted by Gasteiger charge is 2.25. The Balaban J connectivity index is 1.31. The Hall–Kier alpha value is -2.07. The van der Waals surface area contributed by atoms with Crippen LogP contribution in [-0.4, -0.2) is 41.8 Å². The van der Waals surface area contributed by atoms with Gasteiger partial charge in [0.05, 0.1) is 18.6 Å². The Morgan fingerprint density at radius 2 is 1.69 bits per heavy atom. The fourth-order valence-corrected chi connectivity index (χ4v) is 6.37. The molecule has 3 aromatic rings. The molecule has 36 heavy (non-hydrogen) atoms. The number of aromatic nitrogens is 3. The lowest BCUT2D eigenvalue weighted by Gasteiger charge is -2.08. The van der Waals surface area contributed by atoms with Crippen LogP contribution in [0.1, 0.15) is 79.0 Å². The molecule has 0 radical (unpaired) electrons. The van der Waals surface area contributed by atoms with Crippen LogP contribution in [0.2, 0.25) is 5.02 Å². The number of thiophene rings is 1. The van der Waals surface area contributed by atoms with Crippen molar-refractivity contribution in [1.29, 1.82) is 0 Å². The van der Waals surface area contributed by atoms with Gasteiger partial charge in [-0.25, -0.2) is 0 Å². The summed E-state index contributed by atoms with van der Waals surface area (Å²) in [6.07, 6.45) is 11.0. The van der Waals surface area contributed by atoms with E-state index in [0.717, 1.165) is 71.8 Å². The zero-order valence-corrected chi connectivity index (χ0v) is 23.3. The normalized spacial score (nSPS) is 13.2. The highest BCUT2D eigenvalue weighted by molar-refractivity contribution is 7.85. The summed E-state index contributed by atoms with van der Waals surface area (Å²) in [7, 11) is -3.31. The summed E-state index contributed by atoms with van der Waals surface area (Å²) in [5, 5.41) is 10.5. The topological polar surface area (TPSA) is 86.4 Å². The molecule has 7 nitrogen and oxygen atoms in total. The van der Waals surface area contributed by atoms with E-state index in [9.17, 15) is 8.42 Å². The Kier molecular flexibility index (Phi) is 9.33. The van der Waals surface area contributed by atoms with Gasteiger partial charge in [-0.15, -0.1) is 21.5 Å². The summed E-state index contributed by atoms with van der Waals surface area (Å²) >= 11 is 8.36. The molecule has 0 saturated carbocycles. The van der Waals surface area contributed by atoms with Crippen molar-refractivity contribution in [2.24, 2.45) is 4.99 Å².